The van der Waals surface area contributed by atoms with Crippen molar-refractivity contribution in [2.24, 2.45) is 0 Å². The number of fused-ring (bicyclic) bond motifs is 1. The van der Waals surface area contributed by atoms with E-state index >= 15 is 0 Å². The molecule has 6 nitrogen and oxygen atoms in total. The lowest BCUT2D eigenvalue weighted by atomic mass is 9.95. The number of H-pyrrole nitrogens is 2. The average molecular weight is 391 g/mol. The summed E-state index contributed by atoms with van der Waals surface area (Å²) < 4.78 is 41.0. The van der Waals surface area contributed by atoms with Crippen molar-refractivity contribution >= 4 is 21.1 Å². The Morgan fingerprint density at radius 3 is 2.26 bits per heavy atom. The zero-order valence-corrected chi connectivity index (χ0v) is 16.2. The summed E-state index contributed by atoms with van der Waals surface area (Å²) >= 11 is 0. The molecule has 1 heterocycles. The molecule has 0 spiro atoms. The summed E-state index contributed by atoms with van der Waals surface area (Å²) in [5.74, 6) is 0. The highest BCUT2D eigenvalue weighted by Gasteiger charge is 2.29. The molecule has 0 aliphatic heterocycles. The van der Waals surface area contributed by atoms with Crippen molar-refractivity contribution in [1.82, 2.24) is 14.7 Å². The van der Waals surface area contributed by atoms with Crippen LogP contribution >= 0.6 is 0 Å². The van der Waals surface area contributed by atoms with E-state index in [2.05, 4.69) is 14.7 Å². The first-order valence-corrected chi connectivity index (χ1v) is 10.1. The Kier molecular flexibility index (Phi) is 4.96. The molecule has 144 valence electrons. The highest BCUT2D eigenvalue weighted by molar-refractivity contribution is 7.90. The number of benzene rings is 2. The third kappa shape index (κ3) is 4.12. The summed E-state index contributed by atoms with van der Waals surface area (Å²) in [4.78, 5) is 16.8. The van der Waals surface area contributed by atoms with Gasteiger partial charge in [-0.2, -0.15) is 0 Å². The van der Waals surface area contributed by atoms with Gasteiger partial charge < -0.3 is 9.97 Å². The minimum absolute atomic E-state index is 0.269. The summed E-state index contributed by atoms with van der Waals surface area (Å²) in [6.07, 6.45) is 0. The molecular formula is C19H22FN3O3S. The van der Waals surface area contributed by atoms with Crippen molar-refractivity contribution in [1.29, 1.82) is 0 Å². The number of rotatable bonds is 6. The van der Waals surface area contributed by atoms with Gasteiger partial charge in [-0.3, -0.25) is 0 Å². The highest BCUT2D eigenvalue weighted by Crippen LogP contribution is 2.29. The normalized spacial score (nSPS) is 14.6. The van der Waals surface area contributed by atoms with Crippen LogP contribution in [0, 0.1) is 0 Å². The van der Waals surface area contributed by atoms with Crippen molar-refractivity contribution in [2.45, 2.75) is 31.7 Å². The molecule has 0 aliphatic rings. The maximum absolute atomic E-state index is 15.0. The van der Waals surface area contributed by atoms with Gasteiger partial charge in [0.1, 0.15) is 5.67 Å². The summed E-state index contributed by atoms with van der Waals surface area (Å²) in [6.45, 7) is 4.10. The second-order valence-corrected chi connectivity index (χ2v) is 9.35. The molecule has 0 bridgehead atoms. The molecule has 27 heavy (non-hydrogen) atoms. The van der Waals surface area contributed by atoms with Crippen molar-refractivity contribution in [3.8, 4) is 11.1 Å². The first kappa shape index (κ1) is 19.3. The van der Waals surface area contributed by atoms with Crippen molar-refractivity contribution in [3.05, 3.63) is 58.5 Å². The number of imidazole rings is 1. The fraction of sp³-hybridized carbons (Fsp3) is 0.316. The minimum Gasteiger partial charge on any atom is -0.306 e. The maximum Gasteiger partial charge on any atom is 0.323 e. The lowest BCUT2D eigenvalue weighted by Crippen LogP contribution is -2.39. The van der Waals surface area contributed by atoms with E-state index < -0.39 is 20.9 Å². The van der Waals surface area contributed by atoms with Crippen molar-refractivity contribution in [3.63, 3.8) is 0 Å². The number of aromatic nitrogens is 2. The summed E-state index contributed by atoms with van der Waals surface area (Å²) in [5.41, 5.74) is 1.43. The molecule has 8 heteroatoms. The first-order chi connectivity index (χ1) is 12.6. The van der Waals surface area contributed by atoms with Crippen LogP contribution in [0.2, 0.25) is 0 Å². The standard InChI is InChI=1S/C19H22FN3O3S/c1-12(2)27(25,26)21-11-19(3,20)15-7-4-13(5-8-15)14-6-9-16-17(10-14)23-18(24)22-16/h4-10,12,21H,11H2,1-3H3,(H2,22,23,24). The van der Waals surface area contributed by atoms with Gasteiger partial charge >= 0.3 is 5.69 Å². The predicted octanol–water partition coefficient (Wildman–Crippen LogP) is 3.04. The highest BCUT2D eigenvalue weighted by atomic mass is 32.2. The van der Waals surface area contributed by atoms with Gasteiger partial charge in [-0.1, -0.05) is 30.3 Å². The summed E-state index contributed by atoms with van der Waals surface area (Å²) in [7, 11) is -3.53. The summed E-state index contributed by atoms with van der Waals surface area (Å²) in [5, 5.41) is -0.620. The largest absolute Gasteiger partial charge is 0.323 e. The maximum atomic E-state index is 15.0. The van der Waals surface area contributed by atoms with Crippen LogP contribution in [0.1, 0.15) is 26.3 Å². The minimum atomic E-state index is -3.53. The molecule has 0 aliphatic carbocycles. The second-order valence-electron chi connectivity index (χ2n) is 7.03. The van der Waals surface area contributed by atoms with Crippen LogP contribution in [0.3, 0.4) is 0 Å². The van der Waals surface area contributed by atoms with Crippen LogP contribution in [0.5, 0.6) is 0 Å². The molecule has 1 aromatic heterocycles. The van der Waals surface area contributed by atoms with Crippen LogP contribution in [0.25, 0.3) is 22.2 Å². The van der Waals surface area contributed by atoms with E-state index in [1.54, 1.807) is 44.2 Å². The van der Waals surface area contributed by atoms with Crippen LogP contribution < -0.4 is 10.4 Å². The van der Waals surface area contributed by atoms with Crippen molar-refractivity contribution < 1.29 is 12.8 Å². The van der Waals surface area contributed by atoms with E-state index in [-0.39, 0.29) is 12.2 Å². The molecule has 3 N–H and O–H groups in total. The molecule has 0 radical (unpaired) electrons. The summed E-state index contributed by atoms with van der Waals surface area (Å²) in [6, 6.07) is 12.3. The molecule has 2 aromatic carbocycles. The van der Waals surface area contributed by atoms with Gasteiger partial charge in [-0.25, -0.2) is 22.3 Å². The van der Waals surface area contributed by atoms with Gasteiger partial charge in [0.25, 0.3) is 0 Å². The fourth-order valence-corrected chi connectivity index (χ4v) is 3.53. The Labute approximate surface area is 156 Å². The number of aromatic amines is 2. The predicted molar refractivity (Wildman–Crippen MR) is 105 cm³/mol. The molecular weight excluding hydrogens is 369 g/mol. The van der Waals surface area contributed by atoms with Crippen LogP contribution in [0.15, 0.2) is 47.3 Å². The topological polar surface area (TPSA) is 94.8 Å². The lowest BCUT2D eigenvalue weighted by molar-refractivity contribution is 0.196. The molecule has 0 saturated heterocycles. The van der Waals surface area contributed by atoms with Gasteiger partial charge in [0.2, 0.25) is 10.0 Å². The number of halogens is 1. The Balaban J connectivity index is 1.81. The Bertz CT molecular complexity index is 1110. The molecule has 0 fully saturated rings. The van der Waals surface area contributed by atoms with E-state index in [1.165, 1.54) is 6.92 Å². The number of hydrogen-bond acceptors (Lipinski definition) is 3. The third-order valence-electron chi connectivity index (χ3n) is 4.56. The fourth-order valence-electron chi connectivity index (χ4n) is 2.73. The van der Waals surface area contributed by atoms with Gasteiger partial charge in [0.05, 0.1) is 16.3 Å². The Morgan fingerprint density at radius 1 is 1.04 bits per heavy atom. The van der Waals surface area contributed by atoms with E-state index in [0.29, 0.717) is 16.6 Å². The molecule has 1 atom stereocenters. The van der Waals surface area contributed by atoms with E-state index in [4.69, 9.17) is 0 Å². The average Bonchev–Trinajstić information content (AvgIpc) is 2.99. The van der Waals surface area contributed by atoms with Gasteiger partial charge in [-0.15, -0.1) is 0 Å². The molecule has 3 rings (SSSR count). The van der Waals surface area contributed by atoms with Crippen molar-refractivity contribution in [2.75, 3.05) is 6.54 Å². The molecule has 1 unspecified atom stereocenters. The van der Waals surface area contributed by atoms with Gasteiger partial charge in [0.15, 0.2) is 0 Å². The Hall–Kier alpha value is -2.45. The van der Waals surface area contributed by atoms with E-state index in [1.807, 2.05) is 12.1 Å². The number of sulfonamides is 1. The van der Waals surface area contributed by atoms with Gasteiger partial charge in [0, 0.05) is 6.54 Å². The Morgan fingerprint density at radius 2 is 1.63 bits per heavy atom. The second kappa shape index (κ2) is 6.94. The lowest BCUT2D eigenvalue weighted by Gasteiger charge is -2.22. The van der Waals surface area contributed by atoms with E-state index in [9.17, 15) is 17.6 Å². The zero-order valence-electron chi connectivity index (χ0n) is 15.3. The SMILES string of the molecule is CC(C)S(=O)(=O)NCC(C)(F)c1ccc(-c2ccc3[nH]c(=O)[nH]c3c2)cc1. The van der Waals surface area contributed by atoms with Crippen LogP contribution in [0.4, 0.5) is 4.39 Å². The molecule has 3 aromatic rings. The zero-order chi connectivity index (χ0) is 19.8. The van der Waals surface area contributed by atoms with Gasteiger partial charge in [-0.05, 0) is 49.6 Å². The smallest absolute Gasteiger partial charge is 0.306 e. The van der Waals surface area contributed by atoms with E-state index in [0.717, 1.165) is 11.1 Å². The molecule has 0 amide bonds. The molecule has 0 saturated carbocycles. The quantitative estimate of drug-likeness (QED) is 0.603. The van der Waals surface area contributed by atoms with Crippen LogP contribution in [-0.2, 0) is 15.7 Å². The third-order valence-corrected chi connectivity index (χ3v) is 6.35. The monoisotopic (exact) mass is 391 g/mol. The number of alkyl halides is 1. The first-order valence-electron chi connectivity index (χ1n) is 8.59. The number of hydrogen-bond donors (Lipinski definition) is 3. The number of nitrogens with one attached hydrogen (secondary N) is 3. The van der Waals surface area contributed by atoms with Crippen LogP contribution in [-0.4, -0.2) is 30.2 Å².